The second-order valence-electron chi connectivity index (χ2n) is 10.7. The van der Waals surface area contributed by atoms with Gasteiger partial charge in [0.1, 0.15) is 11.4 Å². The smallest absolute Gasteiger partial charge is 0.349 e. The first-order valence-electron chi connectivity index (χ1n) is 14.6. The number of carbonyl (C=O) groups excluding carboxylic acids is 1. The number of fused-ring (bicyclic) bond motifs is 1. The third kappa shape index (κ3) is 7.68. The minimum Gasteiger partial charge on any atom is -0.454 e. The minimum atomic E-state index is -0.721. The van der Waals surface area contributed by atoms with E-state index in [1.54, 1.807) is 30.0 Å². The summed E-state index contributed by atoms with van der Waals surface area (Å²) in [6, 6.07) is 16.9. The van der Waals surface area contributed by atoms with Gasteiger partial charge in [-0.3, -0.25) is 14.6 Å². The van der Waals surface area contributed by atoms with Crippen LogP contribution in [0.4, 0.5) is 0 Å². The molecular weight excluding hydrogens is 599 g/mol. The van der Waals surface area contributed by atoms with Gasteiger partial charge in [0.15, 0.2) is 11.5 Å². The van der Waals surface area contributed by atoms with E-state index in [0.717, 1.165) is 22.5 Å². The maximum atomic E-state index is 12.1. The molecule has 2 N–H and O–H groups in total. The standard InChI is InChI=1S/C20H14Cl2N4O4.C14H22/c1-9-19(28)24-20(29)26(25-9)11-5-15(21)18(16(22)6-11)30-12-3-4-17-13(7-12)14(8-23-17)10(2)27;1-4-12(3)10-11-14-9-7-6-8-13(14)5-2/h3-8,23H,1-2H3,(H,24,28,29);6-9,12H,4-5,10-11H2,1-3H3. The number of hydrogen-bond donors (Lipinski definition) is 2. The molecule has 0 aliphatic heterocycles. The van der Waals surface area contributed by atoms with Gasteiger partial charge in [0.05, 0.1) is 15.7 Å². The van der Waals surface area contributed by atoms with Crippen LogP contribution in [0.2, 0.25) is 10.0 Å². The van der Waals surface area contributed by atoms with Crippen molar-refractivity contribution in [2.45, 2.75) is 60.3 Å². The highest BCUT2D eigenvalue weighted by Gasteiger charge is 2.16. The van der Waals surface area contributed by atoms with Crippen molar-refractivity contribution in [3.05, 3.63) is 114 Å². The Hall–Kier alpha value is -4.14. The zero-order valence-corrected chi connectivity index (χ0v) is 27.0. The molecule has 3 aromatic carbocycles. The zero-order chi connectivity index (χ0) is 32.0. The van der Waals surface area contributed by atoms with Crippen molar-refractivity contribution in [3.8, 4) is 17.2 Å². The molecule has 2 heterocycles. The Labute approximate surface area is 266 Å². The van der Waals surface area contributed by atoms with Crippen molar-refractivity contribution in [3.63, 3.8) is 0 Å². The Morgan fingerprint density at radius 1 is 1.02 bits per heavy atom. The van der Waals surface area contributed by atoms with Crippen LogP contribution in [0, 0.1) is 12.8 Å². The summed E-state index contributed by atoms with van der Waals surface area (Å²) in [6.07, 6.45) is 6.68. The number of rotatable bonds is 9. The van der Waals surface area contributed by atoms with Gasteiger partial charge in [-0.05, 0) is 80.5 Å². The summed E-state index contributed by atoms with van der Waals surface area (Å²) in [5.74, 6) is 1.39. The van der Waals surface area contributed by atoms with Crippen LogP contribution in [0.1, 0.15) is 67.7 Å². The number of nitrogens with zero attached hydrogens (tertiary/aromatic N) is 2. The van der Waals surface area contributed by atoms with Gasteiger partial charge in [0.2, 0.25) is 0 Å². The van der Waals surface area contributed by atoms with E-state index in [0.29, 0.717) is 16.7 Å². The van der Waals surface area contributed by atoms with Gasteiger partial charge in [-0.2, -0.15) is 9.78 Å². The lowest BCUT2D eigenvalue weighted by molar-refractivity contribution is 0.101. The van der Waals surface area contributed by atoms with Crippen LogP contribution >= 0.6 is 23.2 Å². The number of H-pyrrole nitrogens is 2. The molecule has 2 aromatic heterocycles. The fraction of sp³-hybridized carbons (Fsp3) is 0.294. The second kappa shape index (κ2) is 14.6. The topological polar surface area (TPSA) is 110 Å². The van der Waals surface area contributed by atoms with Gasteiger partial charge in [-0.25, -0.2) is 4.79 Å². The summed E-state index contributed by atoms with van der Waals surface area (Å²) in [7, 11) is 0. The van der Waals surface area contributed by atoms with Gasteiger partial charge in [0, 0.05) is 22.7 Å². The predicted octanol–water partition coefficient (Wildman–Crippen LogP) is 8.24. The fourth-order valence-electron chi connectivity index (χ4n) is 4.75. The van der Waals surface area contributed by atoms with Crippen LogP contribution in [0.5, 0.6) is 11.5 Å². The molecule has 8 nitrogen and oxygen atoms in total. The van der Waals surface area contributed by atoms with Crippen molar-refractivity contribution >= 4 is 39.9 Å². The second-order valence-corrected chi connectivity index (χ2v) is 11.6. The molecule has 0 saturated heterocycles. The summed E-state index contributed by atoms with van der Waals surface area (Å²) in [6.45, 7) is 9.81. The summed E-state index contributed by atoms with van der Waals surface area (Å²) in [5, 5.41) is 4.94. The number of aryl methyl sites for hydroxylation is 3. The Morgan fingerprint density at radius 2 is 1.70 bits per heavy atom. The highest BCUT2D eigenvalue weighted by Crippen LogP contribution is 2.39. The molecule has 0 amide bonds. The fourth-order valence-corrected chi connectivity index (χ4v) is 5.30. The predicted molar refractivity (Wildman–Crippen MR) is 177 cm³/mol. The number of Topliss-reactive ketones (excluding diaryl/α,β-unsaturated/α-hetero) is 1. The quantitative estimate of drug-likeness (QED) is 0.159. The summed E-state index contributed by atoms with van der Waals surface area (Å²) in [5.41, 5.74) is 3.50. The molecule has 0 aliphatic rings. The maximum absolute atomic E-state index is 12.1. The lowest BCUT2D eigenvalue weighted by atomic mass is 9.95. The first-order chi connectivity index (χ1) is 21.0. The molecule has 0 radical (unpaired) electrons. The molecule has 0 saturated carbocycles. The Balaban J connectivity index is 0.000000265. The molecule has 1 unspecified atom stereocenters. The van der Waals surface area contributed by atoms with Crippen molar-refractivity contribution in [2.75, 3.05) is 0 Å². The number of ketones is 1. The molecule has 1 atom stereocenters. The summed E-state index contributed by atoms with van der Waals surface area (Å²) < 4.78 is 6.85. The highest BCUT2D eigenvalue weighted by atomic mass is 35.5. The highest BCUT2D eigenvalue weighted by molar-refractivity contribution is 6.37. The van der Waals surface area contributed by atoms with Gasteiger partial charge < -0.3 is 9.72 Å². The Kier molecular flexibility index (Phi) is 10.8. The van der Waals surface area contributed by atoms with E-state index in [1.807, 2.05) is 0 Å². The molecule has 10 heteroatoms. The molecule has 0 fully saturated rings. The van der Waals surface area contributed by atoms with E-state index < -0.39 is 11.2 Å². The number of halogens is 2. The van der Waals surface area contributed by atoms with Crippen molar-refractivity contribution in [2.24, 2.45) is 5.92 Å². The largest absolute Gasteiger partial charge is 0.454 e. The normalized spacial score (nSPS) is 11.6. The van der Waals surface area contributed by atoms with Crippen LogP contribution in [0.15, 0.2) is 70.4 Å². The molecular formula is C34H36Cl2N4O4. The molecule has 0 spiro atoms. The third-order valence-corrected chi connectivity index (χ3v) is 8.14. The number of aromatic nitrogens is 4. The monoisotopic (exact) mass is 634 g/mol. The Bertz CT molecular complexity index is 1880. The SMILES string of the molecule is CC(=O)c1c[nH]c2ccc(Oc3c(Cl)cc(-n4nc(C)c(=O)[nH]c4=O)cc3Cl)cc12.CCc1ccccc1CCC(C)CC. The minimum absolute atomic E-state index is 0.0760. The molecule has 230 valence electrons. The van der Waals surface area contributed by atoms with Gasteiger partial charge in [-0.15, -0.1) is 0 Å². The first kappa shape index (κ1) is 32.8. The van der Waals surface area contributed by atoms with E-state index in [1.165, 1.54) is 50.8 Å². The van der Waals surface area contributed by atoms with E-state index in [9.17, 15) is 14.4 Å². The van der Waals surface area contributed by atoms with Gasteiger partial charge in [-0.1, -0.05) is 74.7 Å². The van der Waals surface area contributed by atoms with E-state index in [-0.39, 0.29) is 33.0 Å². The summed E-state index contributed by atoms with van der Waals surface area (Å²) >= 11 is 12.7. The van der Waals surface area contributed by atoms with Crippen LogP contribution < -0.4 is 16.0 Å². The third-order valence-electron chi connectivity index (χ3n) is 7.57. The molecule has 0 bridgehead atoms. The lowest BCUT2D eigenvalue weighted by Gasteiger charge is -2.12. The zero-order valence-electron chi connectivity index (χ0n) is 25.5. The number of carbonyl (C=O) groups is 1. The van der Waals surface area contributed by atoms with Crippen molar-refractivity contribution in [1.82, 2.24) is 19.7 Å². The van der Waals surface area contributed by atoms with E-state index in [2.05, 4.69) is 60.1 Å². The molecule has 5 rings (SSSR count). The molecule has 44 heavy (non-hydrogen) atoms. The number of ether oxygens (including phenoxy) is 1. The lowest BCUT2D eigenvalue weighted by Crippen LogP contribution is -2.32. The summed E-state index contributed by atoms with van der Waals surface area (Å²) in [4.78, 5) is 40.6. The molecule has 0 aliphatic carbocycles. The van der Waals surface area contributed by atoms with Crippen molar-refractivity contribution in [1.29, 1.82) is 0 Å². The number of benzene rings is 3. The number of nitrogens with one attached hydrogen (secondary N) is 2. The van der Waals surface area contributed by atoms with Crippen molar-refractivity contribution < 1.29 is 9.53 Å². The van der Waals surface area contributed by atoms with E-state index >= 15 is 0 Å². The van der Waals surface area contributed by atoms with Crippen LogP contribution in [0.25, 0.3) is 16.6 Å². The van der Waals surface area contributed by atoms with E-state index in [4.69, 9.17) is 27.9 Å². The Morgan fingerprint density at radius 3 is 2.34 bits per heavy atom. The van der Waals surface area contributed by atoms with Crippen LogP contribution in [-0.4, -0.2) is 25.5 Å². The van der Waals surface area contributed by atoms with Gasteiger partial charge in [0.25, 0.3) is 5.56 Å². The number of hydrogen-bond acceptors (Lipinski definition) is 5. The van der Waals surface area contributed by atoms with Crippen LogP contribution in [0.3, 0.4) is 0 Å². The van der Waals surface area contributed by atoms with Gasteiger partial charge >= 0.3 is 5.69 Å². The van der Waals surface area contributed by atoms with Crippen LogP contribution in [-0.2, 0) is 12.8 Å². The average Bonchev–Trinajstić information content (AvgIpc) is 3.43. The molecule has 5 aromatic rings. The number of aromatic amines is 2. The first-order valence-corrected chi connectivity index (χ1v) is 15.3. The average molecular weight is 636 g/mol. The maximum Gasteiger partial charge on any atom is 0.349 e.